The van der Waals surface area contributed by atoms with Crippen LogP contribution in [0.1, 0.15) is 38.7 Å². The summed E-state index contributed by atoms with van der Waals surface area (Å²) < 4.78 is 23.2. The largest absolute Gasteiger partial charge is 0.493 e. The zero-order valence-electron chi connectivity index (χ0n) is 26.3. The van der Waals surface area contributed by atoms with Crippen LogP contribution in [-0.4, -0.2) is 91.4 Å². The van der Waals surface area contributed by atoms with Crippen molar-refractivity contribution >= 4 is 17.5 Å². The molecule has 0 aliphatic carbocycles. The van der Waals surface area contributed by atoms with Gasteiger partial charge in [-0.3, -0.25) is 9.69 Å². The fourth-order valence-corrected chi connectivity index (χ4v) is 5.46. The van der Waals surface area contributed by atoms with Crippen LogP contribution in [0.2, 0.25) is 0 Å². The van der Waals surface area contributed by atoms with E-state index in [4.69, 9.17) is 23.9 Å². The molecule has 45 heavy (non-hydrogen) atoms. The summed E-state index contributed by atoms with van der Waals surface area (Å²) in [5.74, 6) is 2.53. The first kappa shape index (κ1) is 32.0. The third-order valence-corrected chi connectivity index (χ3v) is 7.99. The molecule has 3 heterocycles. The Morgan fingerprint density at radius 3 is 2.58 bits per heavy atom. The summed E-state index contributed by atoms with van der Waals surface area (Å²) in [4.78, 5) is 25.7. The highest BCUT2D eigenvalue weighted by Gasteiger charge is 2.22. The van der Waals surface area contributed by atoms with Gasteiger partial charge in [0.15, 0.2) is 11.5 Å². The van der Waals surface area contributed by atoms with Gasteiger partial charge < -0.3 is 29.2 Å². The number of carbonyl (C=O) groups excluding carboxylic acids is 1. The number of piperazine rings is 1. The summed E-state index contributed by atoms with van der Waals surface area (Å²) in [6.07, 6.45) is 4.21. The van der Waals surface area contributed by atoms with Gasteiger partial charge in [-0.2, -0.15) is 5.26 Å². The first-order valence-electron chi connectivity index (χ1n) is 15.6. The van der Waals surface area contributed by atoms with Crippen molar-refractivity contribution in [2.24, 2.45) is 5.92 Å². The number of amides is 1. The predicted octanol–water partition coefficient (Wildman–Crippen LogP) is 4.89. The lowest BCUT2D eigenvalue weighted by Crippen LogP contribution is -2.50. The van der Waals surface area contributed by atoms with Crippen LogP contribution in [0, 0.1) is 17.2 Å². The van der Waals surface area contributed by atoms with Gasteiger partial charge in [-0.1, -0.05) is 13.8 Å². The van der Waals surface area contributed by atoms with Gasteiger partial charge >= 0.3 is 0 Å². The first-order chi connectivity index (χ1) is 21.9. The summed E-state index contributed by atoms with van der Waals surface area (Å²) in [7, 11) is 1.62. The fourth-order valence-electron chi connectivity index (χ4n) is 5.46. The number of carbonyl (C=O) groups is 1. The SMILES string of the molecule is COc1ccc(Nc2nccc(-c3ccc(OC4CCOCC4)c(C#N)c3)n2)cc1OCCCN1CCN(C(=O)C(C)C)CC1. The van der Waals surface area contributed by atoms with Gasteiger partial charge in [0.2, 0.25) is 11.9 Å². The maximum atomic E-state index is 12.2. The van der Waals surface area contributed by atoms with Crippen LogP contribution in [0.3, 0.4) is 0 Å². The average Bonchev–Trinajstić information content (AvgIpc) is 3.07. The van der Waals surface area contributed by atoms with Crippen LogP contribution in [0.4, 0.5) is 11.6 Å². The van der Waals surface area contributed by atoms with E-state index in [2.05, 4.69) is 21.3 Å². The van der Waals surface area contributed by atoms with Gasteiger partial charge in [0.05, 0.1) is 38.2 Å². The minimum absolute atomic E-state index is 0.0403. The van der Waals surface area contributed by atoms with E-state index in [0.29, 0.717) is 54.3 Å². The van der Waals surface area contributed by atoms with E-state index in [-0.39, 0.29) is 17.9 Å². The molecule has 0 radical (unpaired) electrons. The molecule has 238 valence electrons. The Morgan fingerprint density at radius 1 is 1.07 bits per heavy atom. The Morgan fingerprint density at radius 2 is 1.84 bits per heavy atom. The van der Waals surface area contributed by atoms with E-state index in [1.54, 1.807) is 19.4 Å². The molecule has 0 saturated carbocycles. The number of benzene rings is 2. The number of nitrogens with one attached hydrogen (secondary N) is 1. The van der Waals surface area contributed by atoms with Crippen molar-refractivity contribution in [1.29, 1.82) is 5.26 Å². The van der Waals surface area contributed by atoms with Crippen molar-refractivity contribution in [2.45, 2.75) is 39.2 Å². The van der Waals surface area contributed by atoms with Gasteiger partial charge in [0, 0.05) is 75.0 Å². The minimum atomic E-state index is 0.0403. The van der Waals surface area contributed by atoms with Crippen LogP contribution in [0.25, 0.3) is 11.3 Å². The van der Waals surface area contributed by atoms with E-state index in [0.717, 1.165) is 63.2 Å². The van der Waals surface area contributed by atoms with Crippen molar-refractivity contribution in [1.82, 2.24) is 19.8 Å². The molecule has 11 heteroatoms. The first-order valence-corrected chi connectivity index (χ1v) is 15.6. The van der Waals surface area contributed by atoms with Crippen molar-refractivity contribution in [3.05, 3.63) is 54.2 Å². The summed E-state index contributed by atoms with van der Waals surface area (Å²) in [5, 5.41) is 13.1. The number of hydrogen-bond acceptors (Lipinski definition) is 10. The molecule has 1 N–H and O–H groups in total. The van der Waals surface area contributed by atoms with Crippen molar-refractivity contribution < 1.29 is 23.7 Å². The standard InChI is InChI=1S/C34H42N6O5/c1-24(2)33(41)40-16-14-39(15-17-40)13-4-18-44-32-22-27(6-8-31(32)42-3)37-34-36-12-9-29(38-34)25-5-7-30(26(21-25)23-35)45-28-10-19-43-20-11-28/h5-9,12,21-22,24,28H,4,10-11,13-20H2,1-3H3,(H,36,37,38). The molecular weight excluding hydrogens is 572 g/mol. The Hall–Kier alpha value is -4.40. The zero-order valence-corrected chi connectivity index (χ0v) is 26.3. The molecule has 1 amide bonds. The lowest BCUT2D eigenvalue weighted by Gasteiger charge is -2.35. The van der Waals surface area contributed by atoms with Gasteiger partial charge in [0.1, 0.15) is 17.9 Å². The third-order valence-electron chi connectivity index (χ3n) is 7.99. The van der Waals surface area contributed by atoms with Crippen LogP contribution in [0.15, 0.2) is 48.7 Å². The molecule has 5 rings (SSSR count). The molecule has 0 spiro atoms. The van der Waals surface area contributed by atoms with E-state index in [1.165, 1.54) is 0 Å². The molecule has 3 aromatic rings. The van der Waals surface area contributed by atoms with Gasteiger partial charge in [0.25, 0.3) is 0 Å². The number of anilines is 2. The number of ether oxygens (including phenoxy) is 4. The Kier molecular flexibility index (Phi) is 11.1. The van der Waals surface area contributed by atoms with Crippen LogP contribution >= 0.6 is 0 Å². The average molecular weight is 615 g/mol. The van der Waals surface area contributed by atoms with Crippen LogP contribution < -0.4 is 19.5 Å². The molecule has 11 nitrogen and oxygen atoms in total. The highest BCUT2D eigenvalue weighted by molar-refractivity contribution is 5.78. The number of hydrogen-bond donors (Lipinski definition) is 1. The van der Waals surface area contributed by atoms with Crippen molar-refractivity contribution in [3.8, 4) is 34.6 Å². The van der Waals surface area contributed by atoms with Crippen molar-refractivity contribution in [2.75, 3.05) is 65.0 Å². The number of nitrogens with zero attached hydrogens (tertiary/aromatic N) is 5. The molecule has 2 saturated heterocycles. The fraction of sp³-hybridized carbons (Fsp3) is 0.471. The molecule has 0 unspecified atom stereocenters. The van der Waals surface area contributed by atoms with E-state index in [9.17, 15) is 10.1 Å². The minimum Gasteiger partial charge on any atom is -0.493 e. The summed E-state index contributed by atoms with van der Waals surface area (Å²) in [6, 6.07) is 15.2. The Labute approximate surface area is 265 Å². The van der Waals surface area contributed by atoms with Crippen LogP contribution in [-0.2, 0) is 9.53 Å². The van der Waals surface area contributed by atoms with Gasteiger partial charge in [-0.25, -0.2) is 9.97 Å². The highest BCUT2D eigenvalue weighted by atomic mass is 16.5. The van der Waals surface area contributed by atoms with Crippen molar-refractivity contribution in [3.63, 3.8) is 0 Å². The Bertz CT molecular complexity index is 1480. The monoisotopic (exact) mass is 614 g/mol. The molecule has 1 aromatic heterocycles. The normalized spacial score (nSPS) is 15.8. The van der Waals surface area contributed by atoms with Crippen LogP contribution in [0.5, 0.6) is 17.2 Å². The molecule has 0 bridgehead atoms. The van der Waals surface area contributed by atoms with E-state index >= 15 is 0 Å². The summed E-state index contributed by atoms with van der Waals surface area (Å²) in [5.41, 5.74) is 2.70. The molecular formula is C34H42N6O5. The molecule has 0 atom stereocenters. The third kappa shape index (κ3) is 8.62. The number of aromatic nitrogens is 2. The van der Waals surface area contributed by atoms with E-state index in [1.807, 2.05) is 55.1 Å². The lowest BCUT2D eigenvalue weighted by atomic mass is 10.1. The molecule has 2 aliphatic heterocycles. The molecule has 2 aromatic carbocycles. The number of methoxy groups -OCH3 is 1. The summed E-state index contributed by atoms with van der Waals surface area (Å²) in [6.45, 7) is 10.00. The summed E-state index contributed by atoms with van der Waals surface area (Å²) >= 11 is 0. The highest BCUT2D eigenvalue weighted by Crippen LogP contribution is 2.32. The second-order valence-electron chi connectivity index (χ2n) is 11.5. The maximum Gasteiger partial charge on any atom is 0.227 e. The molecule has 2 fully saturated rings. The zero-order chi connectivity index (χ0) is 31.6. The number of nitriles is 1. The number of rotatable bonds is 12. The quantitative estimate of drug-likeness (QED) is 0.282. The predicted molar refractivity (Wildman–Crippen MR) is 171 cm³/mol. The lowest BCUT2D eigenvalue weighted by molar-refractivity contribution is -0.136. The van der Waals surface area contributed by atoms with E-state index < -0.39 is 0 Å². The molecule has 2 aliphatic rings. The topological polar surface area (TPSA) is 122 Å². The van der Waals surface area contributed by atoms with Gasteiger partial charge in [-0.15, -0.1) is 0 Å². The maximum absolute atomic E-state index is 12.2. The Balaban J connectivity index is 1.17. The second-order valence-corrected chi connectivity index (χ2v) is 11.5. The second kappa shape index (κ2) is 15.5. The van der Waals surface area contributed by atoms with Gasteiger partial charge in [-0.05, 0) is 42.8 Å². The smallest absolute Gasteiger partial charge is 0.227 e.